The lowest BCUT2D eigenvalue weighted by Gasteiger charge is -2.10. The molecule has 2 N–H and O–H groups in total. The van der Waals surface area contributed by atoms with Crippen LogP contribution < -0.4 is 0 Å². The first kappa shape index (κ1) is 30.9. The van der Waals surface area contributed by atoms with Crippen LogP contribution in [0.1, 0.15) is 89.4 Å². The van der Waals surface area contributed by atoms with Gasteiger partial charge in [-0.05, 0) is 98.6 Å². The van der Waals surface area contributed by atoms with Crippen LogP contribution in [0.4, 0.5) is 0 Å². The number of carbonyl (C=O) groups is 1. The summed E-state index contributed by atoms with van der Waals surface area (Å²) in [6.45, 7) is 4.44. The van der Waals surface area contributed by atoms with E-state index in [1.165, 1.54) is 31.8 Å². The van der Waals surface area contributed by atoms with E-state index in [4.69, 9.17) is 15.0 Å². The van der Waals surface area contributed by atoms with E-state index < -0.39 is 0 Å². The highest BCUT2D eigenvalue weighted by molar-refractivity contribution is 6.33. The van der Waals surface area contributed by atoms with Crippen LogP contribution in [0.25, 0.3) is 11.1 Å². The van der Waals surface area contributed by atoms with E-state index in [9.17, 15) is 9.90 Å². The predicted octanol–water partition coefficient (Wildman–Crippen LogP) is 9.43. The Kier molecular flexibility index (Phi) is 10.7. The molecule has 0 amide bonds. The summed E-state index contributed by atoms with van der Waals surface area (Å²) in [5.74, 6) is 0. The summed E-state index contributed by atoms with van der Waals surface area (Å²) in [5, 5.41) is 9.52. The molecule has 1 aromatic rings. The van der Waals surface area contributed by atoms with E-state index in [0.29, 0.717) is 0 Å². The van der Waals surface area contributed by atoms with Gasteiger partial charge in [-0.15, -0.1) is 0 Å². The first-order valence-corrected chi connectivity index (χ1v) is 16.0. The van der Waals surface area contributed by atoms with Crippen LogP contribution in [-0.4, -0.2) is 33.5 Å². The molecule has 0 saturated carbocycles. The van der Waals surface area contributed by atoms with Gasteiger partial charge in [0.25, 0.3) is 0 Å². The number of aliphatic hydroxyl groups is 1. The molecule has 1 aromatic heterocycles. The minimum absolute atomic E-state index is 0.804. The Morgan fingerprint density at radius 2 is 1.27 bits per heavy atom. The third-order valence-corrected chi connectivity index (χ3v) is 8.23. The number of carbonyl (C=O) groups excluding carboxylic acids is 1. The topological polar surface area (TPSA) is 90.2 Å². The van der Waals surface area contributed by atoms with Crippen LogP contribution in [-0.2, 0) is 4.79 Å². The van der Waals surface area contributed by atoms with Gasteiger partial charge in [0.05, 0.1) is 40.5 Å². The van der Waals surface area contributed by atoms with Crippen LogP contribution in [0.5, 0.6) is 0 Å². The second-order valence-corrected chi connectivity index (χ2v) is 11.3. The van der Waals surface area contributed by atoms with E-state index in [-0.39, 0.29) is 0 Å². The summed E-state index contributed by atoms with van der Waals surface area (Å²) in [7, 11) is 0. The van der Waals surface area contributed by atoms with Crippen molar-refractivity contribution in [2.24, 2.45) is 15.0 Å². The third-order valence-electron chi connectivity index (χ3n) is 8.23. The maximum Gasteiger partial charge on any atom is 0.142 e. The van der Waals surface area contributed by atoms with Gasteiger partial charge in [-0.2, -0.15) is 0 Å². The fourth-order valence-corrected chi connectivity index (χ4v) is 5.90. The van der Waals surface area contributed by atoms with E-state index >= 15 is 0 Å². The van der Waals surface area contributed by atoms with Crippen LogP contribution in [0.2, 0.25) is 0 Å². The Labute approximate surface area is 260 Å². The Hall–Kier alpha value is -4.58. The number of aromatic nitrogens is 1. The average Bonchev–Trinajstić information content (AvgIpc) is 3.86. The van der Waals surface area contributed by atoms with Gasteiger partial charge < -0.3 is 10.1 Å². The number of aliphatic imine (C=N–C) groups is 3. The first-order chi connectivity index (χ1) is 21.7. The zero-order valence-electron chi connectivity index (χ0n) is 25.9. The number of allylic oxidation sites excluding steroid dienone is 14. The van der Waals surface area contributed by atoms with E-state index in [1.54, 1.807) is 6.08 Å². The van der Waals surface area contributed by atoms with Crippen molar-refractivity contribution in [3.05, 3.63) is 119 Å². The number of aldehydes is 1. The lowest BCUT2D eigenvalue weighted by Crippen LogP contribution is -2.07. The molecule has 6 heteroatoms. The van der Waals surface area contributed by atoms with Gasteiger partial charge in [0, 0.05) is 33.7 Å². The molecule has 5 heterocycles. The fraction of sp³-hybridized carbons (Fsp3) is 0.316. The van der Waals surface area contributed by atoms with Gasteiger partial charge in [0.15, 0.2) is 0 Å². The second-order valence-electron chi connectivity index (χ2n) is 11.3. The highest BCUT2D eigenvalue weighted by Gasteiger charge is 2.23. The highest BCUT2D eigenvalue weighted by Crippen LogP contribution is 2.34. The normalized spacial score (nSPS) is 18.6. The van der Waals surface area contributed by atoms with Crippen molar-refractivity contribution in [3.8, 4) is 0 Å². The van der Waals surface area contributed by atoms with E-state index in [1.807, 2.05) is 30.4 Å². The summed E-state index contributed by atoms with van der Waals surface area (Å²) < 4.78 is 0. The third kappa shape index (κ3) is 7.13. The van der Waals surface area contributed by atoms with Crippen molar-refractivity contribution in [3.63, 3.8) is 0 Å². The summed E-state index contributed by atoms with van der Waals surface area (Å²) in [4.78, 5) is 30.4. The predicted molar refractivity (Wildman–Crippen MR) is 184 cm³/mol. The monoisotopic (exact) mass is 586 g/mol. The fourth-order valence-electron chi connectivity index (χ4n) is 5.90. The molecular weight excluding hydrogens is 544 g/mol. The van der Waals surface area contributed by atoms with Gasteiger partial charge in [0.1, 0.15) is 6.29 Å². The molecule has 8 bridgehead atoms. The molecule has 4 aliphatic heterocycles. The van der Waals surface area contributed by atoms with Crippen molar-refractivity contribution in [2.45, 2.75) is 78.1 Å². The molecule has 0 unspecified atom stereocenters. The molecule has 0 aliphatic carbocycles. The zero-order chi connectivity index (χ0) is 30.7. The molecule has 0 aromatic carbocycles. The maximum atomic E-state index is 11.4. The van der Waals surface area contributed by atoms with Crippen LogP contribution in [0.15, 0.2) is 122 Å². The minimum Gasteiger partial charge on any atom is -0.516 e. The molecule has 0 saturated heterocycles. The number of hydrogen-bond donors (Lipinski definition) is 2. The van der Waals surface area contributed by atoms with E-state index in [2.05, 4.69) is 49.2 Å². The smallest absolute Gasteiger partial charge is 0.142 e. The van der Waals surface area contributed by atoms with Crippen molar-refractivity contribution in [1.82, 2.24) is 4.98 Å². The maximum absolute atomic E-state index is 11.4. The number of rotatable bonds is 13. The molecule has 44 heavy (non-hydrogen) atoms. The number of unbranched alkanes of at least 4 members (excludes halogenated alkanes) is 6. The summed E-state index contributed by atoms with van der Waals surface area (Å²) in [6, 6.07) is 4.18. The lowest BCUT2D eigenvalue weighted by molar-refractivity contribution is -0.104. The van der Waals surface area contributed by atoms with Gasteiger partial charge in [-0.25, -0.2) is 15.0 Å². The number of aromatic amines is 1. The van der Waals surface area contributed by atoms with Crippen LogP contribution >= 0.6 is 0 Å². The molecule has 6 nitrogen and oxygen atoms in total. The SMILES string of the molecule is CCCCCCC1=C2C=CC(=N2)/C(=C\C=C\O)C2=NC(=C(CCCCCC)c3ccc([nH]3)C(/C=C/C=O)=C3C=CC1=N3)C=C2. The highest BCUT2D eigenvalue weighted by atomic mass is 16.2. The number of nitrogens with one attached hydrogen (secondary N) is 1. The summed E-state index contributed by atoms with van der Waals surface area (Å²) >= 11 is 0. The first-order valence-electron chi connectivity index (χ1n) is 16.0. The van der Waals surface area contributed by atoms with Crippen molar-refractivity contribution < 1.29 is 9.90 Å². The average molecular weight is 587 g/mol. The number of fused-ring (bicyclic) bond motifs is 5. The molecule has 0 fully saturated rings. The molecule has 0 radical (unpaired) electrons. The molecule has 5 rings (SSSR count). The summed E-state index contributed by atoms with van der Waals surface area (Å²) in [5.41, 5.74) is 11.0. The number of H-pyrrole nitrogens is 1. The minimum atomic E-state index is 0.804. The Morgan fingerprint density at radius 1 is 0.682 bits per heavy atom. The van der Waals surface area contributed by atoms with Gasteiger partial charge in [-0.3, -0.25) is 4.79 Å². The van der Waals surface area contributed by atoms with Gasteiger partial charge in [0.2, 0.25) is 0 Å². The largest absolute Gasteiger partial charge is 0.516 e. The van der Waals surface area contributed by atoms with Crippen molar-refractivity contribution >= 4 is 34.6 Å². The number of aliphatic hydroxyl groups excluding tert-OH is 1. The standard InChI is InChI=1S/C38H42N4O2/c1-3-5-7-9-13-27-31-17-21-35(39-31)29(15-11-25-43)37-23-19-33(41-37)28(14-10-8-6-4-2)34-20-24-38(42-34)30(16-12-26-44)36-22-18-32(27)40-36/h11-12,15-26,39,44H,3-10,13-14H2,1-2H3/b15-11+,26-12+,30-16-,32-27?,34-28?,37-29?. The molecule has 4 aliphatic rings. The number of hydrogen-bond acceptors (Lipinski definition) is 5. The Bertz CT molecular complexity index is 1640. The van der Waals surface area contributed by atoms with Crippen LogP contribution in [0, 0.1) is 0 Å². The zero-order valence-corrected chi connectivity index (χ0v) is 25.9. The van der Waals surface area contributed by atoms with Crippen molar-refractivity contribution in [1.29, 1.82) is 0 Å². The molecule has 226 valence electrons. The van der Waals surface area contributed by atoms with Crippen molar-refractivity contribution in [2.75, 3.05) is 0 Å². The second kappa shape index (κ2) is 15.2. The Morgan fingerprint density at radius 3 is 1.93 bits per heavy atom. The summed E-state index contributed by atoms with van der Waals surface area (Å²) in [6.07, 6.45) is 31.9. The Balaban J connectivity index is 1.71. The van der Waals surface area contributed by atoms with E-state index in [0.717, 1.165) is 119 Å². The molecular formula is C38H42N4O2. The van der Waals surface area contributed by atoms with Gasteiger partial charge in [-0.1, -0.05) is 52.4 Å². The molecule has 0 spiro atoms. The van der Waals surface area contributed by atoms with Crippen LogP contribution in [0.3, 0.4) is 0 Å². The quantitative estimate of drug-likeness (QED) is 0.104. The lowest BCUT2D eigenvalue weighted by atomic mass is 10.00. The number of nitrogens with zero attached hydrogens (tertiary/aromatic N) is 3. The van der Waals surface area contributed by atoms with Gasteiger partial charge >= 0.3 is 0 Å². The molecule has 0 atom stereocenters.